The number of rotatable bonds is 5. The first-order valence-corrected chi connectivity index (χ1v) is 11.9. The molecule has 0 saturated heterocycles. The molecule has 0 saturated carbocycles. The number of aromatic nitrogens is 2. The molecule has 0 bridgehead atoms. The van der Waals surface area contributed by atoms with Gasteiger partial charge in [0.15, 0.2) is 0 Å². The van der Waals surface area contributed by atoms with E-state index in [1.807, 2.05) is 17.5 Å². The zero-order chi connectivity index (χ0) is 23.9. The number of benzene rings is 2. The second-order valence-corrected chi connectivity index (χ2v) is 9.63. The van der Waals surface area contributed by atoms with Gasteiger partial charge < -0.3 is 5.32 Å². The Bertz CT molecular complexity index is 1350. The topological polar surface area (TPSA) is 67.2 Å². The summed E-state index contributed by atoms with van der Waals surface area (Å²) in [6.45, 7) is 2.08. The van der Waals surface area contributed by atoms with Gasteiger partial charge in [0, 0.05) is 17.3 Å². The maximum absolute atomic E-state index is 13.7. The zero-order valence-electron chi connectivity index (χ0n) is 18.2. The molecule has 0 aliphatic carbocycles. The van der Waals surface area contributed by atoms with Crippen LogP contribution in [-0.4, -0.2) is 27.1 Å². The summed E-state index contributed by atoms with van der Waals surface area (Å²) in [6.07, 6.45) is 0. The van der Waals surface area contributed by atoms with Crippen molar-refractivity contribution in [2.75, 3.05) is 4.90 Å². The molecule has 0 radical (unpaired) electrons. The third-order valence-electron chi connectivity index (χ3n) is 5.87. The molecule has 34 heavy (non-hydrogen) atoms. The molecule has 2 aromatic carbocycles. The van der Waals surface area contributed by atoms with Crippen molar-refractivity contribution in [1.82, 2.24) is 15.1 Å². The number of halogens is 2. The average Bonchev–Trinajstić information content (AvgIpc) is 3.50. The lowest BCUT2D eigenvalue weighted by Gasteiger charge is -2.43. The van der Waals surface area contributed by atoms with Crippen molar-refractivity contribution in [1.29, 1.82) is 0 Å². The van der Waals surface area contributed by atoms with Gasteiger partial charge in [0.05, 0.1) is 11.4 Å². The summed E-state index contributed by atoms with van der Waals surface area (Å²) in [5.41, 5.74) is 1.13. The van der Waals surface area contributed by atoms with E-state index in [1.54, 1.807) is 54.1 Å². The molecule has 2 amide bonds. The van der Waals surface area contributed by atoms with E-state index in [-0.39, 0.29) is 30.7 Å². The van der Waals surface area contributed by atoms with Gasteiger partial charge in [-0.1, -0.05) is 29.8 Å². The van der Waals surface area contributed by atoms with Gasteiger partial charge in [-0.2, -0.15) is 5.10 Å². The Morgan fingerprint density at radius 1 is 1.18 bits per heavy atom. The predicted molar refractivity (Wildman–Crippen MR) is 130 cm³/mol. The minimum absolute atomic E-state index is 0.164. The molecule has 0 unspecified atom stereocenters. The lowest BCUT2D eigenvalue weighted by atomic mass is 9.94. The third-order valence-corrected chi connectivity index (χ3v) is 7.01. The smallest absolute Gasteiger partial charge is 0.277 e. The van der Waals surface area contributed by atoms with E-state index in [0.717, 1.165) is 10.4 Å². The van der Waals surface area contributed by atoms with Crippen LogP contribution in [0, 0.1) is 5.82 Å². The van der Waals surface area contributed by atoms with E-state index in [9.17, 15) is 14.0 Å². The molecule has 0 fully saturated rings. The molecule has 172 valence electrons. The Hall–Kier alpha value is -3.49. The first-order valence-electron chi connectivity index (χ1n) is 10.6. The van der Waals surface area contributed by atoms with Crippen LogP contribution in [0.25, 0.3) is 10.6 Å². The highest BCUT2D eigenvalue weighted by atomic mass is 35.5. The number of carbonyl (C=O) groups excluding carboxylic acids is 2. The summed E-state index contributed by atoms with van der Waals surface area (Å²) < 4.78 is 14.8. The molecule has 3 heterocycles. The van der Waals surface area contributed by atoms with Crippen LogP contribution in [-0.2, 0) is 17.9 Å². The van der Waals surface area contributed by atoms with Gasteiger partial charge in [-0.25, -0.2) is 4.39 Å². The van der Waals surface area contributed by atoms with Crippen molar-refractivity contribution < 1.29 is 14.0 Å². The molecule has 1 atom stereocenters. The Balaban J connectivity index is 1.52. The Morgan fingerprint density at radius 3 is 2.59 bits per heavy atom. The van der Waals surface area contributed by atoms with Gasteiger partial charge in [-0.05, 0) is 66.4 Å². The van der Waals surface area contributed by atoms with E-state index < -0.39 is 5.54 Å². The number of hydrogen-bond acceptors (Lipinski definition) is 4. The van der Waals surface area contributed by atoms with Gasteiger partial charge >= 0.3 is 0 Å². The van der Waals surface area contributed by atoms with E-state index in [1.165, 1.54) is 28.4 Å². The molecule has 5 rings (SSSR count). The van der Waals surface area contributed by atoms with Crippen molar-refractivity contribution in [2.24, 2.45) is 0 Å². The van der Waals surface area contributed by atoms with Gasteiger partial charge in [-0.3, -0.25) is 19.2 Å². The molecule has 4 aromatic rings. The molecule has 9 heteroatoms. The standard InChI is InChI=1S/C25H20ClFN4O2S/c1-25(24(33)28-14-16-4-8-18(27)9-5-16)15-30-21(13-20(29-30)22-3-2-12-34-22)23(32)31(25)19-10-6-17(26)7-11-19/h2-13H,14-15H2,1H3,(H,28,33)/t25-/m0/s1. The van der Waals surface area contributed by atoms with Crippen molar-refractivity contribution in [2.45, 2.75) is 25.6 Å². The van der Waals surface area contributed by atoms with Crippen LogP contribution in [0.1, 0.15) is 23.0 Å². The number of amides is 2. The van der Waals surface area contributed by atoms with E-state index in [0.29, 0.717) is 22.1 Å². The van der Waals surface area contributed by atoms with Crippen LogP contribution in [0.4, 0.5) is 10.1 Å². The maximum Gasteiger partial charge on any atom is 0.277 e. The highest BCUT2D eigenvalue weighted by molar-refractivity contribution is 7.13. The highest BCUT2D eigenvalue weighted by Gasteiger charge is 2.48. The molecule has 6 nitrogen and oxygen atoms in total. The number of nitrogens with one attached hydrogen (secondary N) is 1. The lowest BCUT2D eigenvalue weighted by molar-refractivity contribution is -0.126. The van der Waals surface area contributed by atoms with Crippen LogP contribution in [0.5, 0.6) is 0 Å². The van der Waals surface area contributed by atoms with Gasteiger partial charge in [0.25, 0.3) is 5.91 Å². The predicted octanol–water partition coefficient (Wildman–Crippen LogP) is 5.14. The summed E-state index contributed by atoms with van der Waals surface area (Å²) >= 11 is 7.60. The summed E-state index contributed by atoms with van der Waals surface area (Å²) in [5.74, 6) is -1.02. The fourth-order valence-electron chi connectivity index (χ4n) is 4.10. The number of fused-ring (bicyclic) bond motifs is 1. The molecule has 2 aromatic heterocycles. The normalized spacial score (nSPS) is 17.5. The first-order chi connectivity index (χ1) is 16.3. The number of anilines is 1. The molecule has 1 aliphatic rings. The highest BCUT2D eigenvalue weighted by Crippen LogP contribution is 2.35. The monoisotopic (exact) mass is 494 g/mol. The fourth-order valence-corrected chi connectivity index (χ4v) is 4.90. The van der Waals surface area contributed by atoms with Gasteiger partial charge in [0.1, 0.15) is 22.7 Å². The average molecular weight is 495 g/mol. The summed E-state index contributed by atoms with van der Waals surface area (Å²) in [5, 5.41) is 10.0. The minimum atomic E-state index is -1.27. The van der Waals surface area contributed by atoms with Crippen molar-refractivity contribution >= 4 is 40.4 Å². The largest absolute Gasteiger partial charge is 0.350 e. The zero-order valence-corrected chi connectivity index (χ0v) is 19.7. The third kappa shape index (κ3) is 3.99. The number of thiophene rings is 1. The van der Waals surface area contributed by atoms with E-state index in [2.05, 4.69) is 10.4 Å². The Morgan fingerprint density at radius 2 is 1.91 bits per heavy atom. The molecular formula is C25H20ClFN4O2S. The number of carbonyl (C=O) groups is 2. The van der Waals surface area contributed by atoms with Crippen LogP contribution < -0.4 is 10.2 Å². The van der Waals surface area contributed by atoms with Crippen molar-refractivity contribution in [3.8, 4) is 10.6 Å². The van der Waals surface area contributed by atoms with Crippen molar-refractivity contribution in [3.63, 3.8) is 0 Å². The van der Waals surface area contributed by atoms with Gasteiger partial charge in [0.2, 0.25) is 5.91 Å². The van der Waals surface area contributed by atoms with E-state index >= 15 is 0 Å². The van der Waals surface area contributed by atoms with Crippen LogP contribution in [0.15, 0.2) is 72.1 Å². The molecule has 1 N–H and O–H groups in total. The second kappa shape index (κ2) is 8.70. The SMILES string of the molecule is C[C@@]1(C(=O)NCc2ccc(F)cc2)Cn2nc(-c3cccs3)cc2C(=O)N1c1ccc(Cl)cc1. The fraction of sp³-hybridized carbons (Fsp3) is 0.160. The molecule has 0 spiro atoms. The summed E-state index contributed by atoms with van der Waals surface area (Å²) in [4.78, 5) is 29.7. The number of nitrogens with zero attached hydrogens (tertiary/aromatic N) is 3. The van der Waals surface area contributed by atoms with Crippen LogP contribution in [0.3, 0.4) is 0 Å². The van der Waals surface area contributed by atoms with Gasteiger partial charge in [-0.15, -0.1) is 11.3 Å². The summed E-state index contributed by atoms with van der Waals surface area (Å²) in [6, 6.07) is 18.3. The lowest BCUT2D eigenvalue weighted by Crippen LogP contribution is -2.64. The van der Waals surface area contributed by atoms with E-state index in [4.69, 9.17) is 11.6 Å². The van der Waals surface area contributed by atoms with Crippen LogP contribution >= 0.6 is 22.9 Å². The maximum atomic E-state index is 13.7. The van der Waals surface area contributed by atoms with Crippen LogP contribution in [0.2, 0.25) is 5.02 Å². The second-order valence-electron chi connectivity index (χ2n) is 8.25. The summed E-state index contributed by atoms with van der Waals surface area (Å²) in [7, 11) is 0. The quantitative estimate of drug-likeness (QED) is 0.418. The van der Waals surface area contributed by atoms with Crippen molar-refractivity contribution in [3.05, 3.63) is 94.2 Å². The first kappa shape index (κ1) is 22.3. The molecular weight excluding hydrogens is 475 g/mol. The molecule has 1 aliphatic heterocycles. The minimum Gasteiger partial charge on any atom is -0.350 e. The number of hydrogen-bond donors (Lipinski definition) is 1. The Kier molecular flexibility index (Phi) is 5.71. The Labute approximate surface area is 204 Å².